The first-order valence-electron chi connectivity index (χ1n) is 10.8. The van der Waals surface area contributed by atoms with Gasteiger partial charge in [-0.3, -0.25) is 4.90 Å². The molecule has 11 heteroatoms. The molecule has 0 radical (unpaired) electrons. The van der Waals surface area contributed by atoms with E-state index < -0.39 is 11.4 Å². The molecular formula is C22H26BrClFN5O2S. The summed E-state index contributed by atoms with van der Waals surface area (Å²) in [5.74, 6) is 0.605. The molecule has 0 N–H and O–H groups in total. The first kappa shape index (κ1) is 24.5. The number of aromatic nitrogens is 3. The van der Waals surface area contributed by atoms with Gasteiger partial charge in [-0.05, 0) is 55.3 Å². The summed E-state index contributed by atoms with van der Waals surface area (Å²) in [6, 6.07) is -0.427. The van der Waals surface area contributed by atoms with Gasteiger partial charge in [0.25, 0.3) is 0 Å². The average Bonchev–Trinajstić information content (AvgIpc) is 3.05. The van der Waals surface area contributed by atoms with Gasteiger partial charge in [0.1, 0.15) is 21.5 Å². The van der Waals surface area contributed by atoms with Crippen LogP contribution in [0, 0.1) is 5.82 Å². The van der Waals surface area contributed by atoms with Crippen LogP contribution >= 0.6 is 39.3 Å². The van der Waals surface area contributed by atoms with Crippen molar-refractivity contribution in [1.29, 1.82) is 0 Å². The standard InChI is InChI=1S/C22H26BrClFN5O2S/c1-6-12-13-9-8-11(30(13)21(31)32-22(3,4)5)10-29(12)19-14-16(26-20(28-19)33-7-2)15(25)18(24)27-17(14)23/h6,11-13H,1,7-10H2,2-5H3/t11-,12+,13+/m1/s1. The van der Waals surface area contributed by atoms with Gasteiger partial charge in [0.2, 0.25) is 0 Å². The lowest BCUT2D eigenvalue weighted by molar-refractivity contribution is 0.00954. The Hall–Kier alpha value is -1.65. The molecule has 0 aliphatic carbocycles. The summed E-state index contributed by atoms with van der Waals surface area (Å²) < 4.78 is 21.0. The van der Waals surface area contributed by atoms with Crippen molar-refractivity contribution in [2.45, 2.75) is 69.4 Å². The zero-order valence-electron chi connectivity index (χ0n) is 18.9. The molecule has 0 spiro atoms. The van der Waals surface area contributed by atoms with Crippen LogP contribution in [-0.2, 0) is 4.74 Å². The van der Waals surface area contributed by atoms with E-state index in [1.165, 1.54) is 11.8 Å². The van der Waals surface area contributed by atoms with Crippen molar-refractivity contribution in [3.8, 4) is 0 Å². The highest BCUT2D eigenvalue weighted by atomic mass is 79.9. The Balaban J connectivity index is 1.82. The minimum atomic E-state index is -0.679. The Morgan fingerprint density at radius 1 is 1.36 bits per heavy atom. The quantitative estimate of drug-likeness (QED) is 0.202. The highest BCUT2D eigenvalue weighted by molar-refractivity contribution is 9.10. The van der Waals surface area contributed by atoms with Crippen LogP contribution in [0.15, 0.2) is 22.4 Å². The average molecular weight is 559 g/mol. The molecule has 4 rings (SSSR count). The predicted octanol–water partition coefficient (Wildman–Crippen LogP) is 5.83. The van der Waals surface area contributed by atoms with E-state index in [2.05, 4.69) is 37.4 Å². The third-order valence-electron chi connectivity index (χ3n) is 5.76. The zero-order chi connectivity index (χ0) is 24.1. The number of hydrogen-bond donors (Lipinski definition) is 0. The van der Waals surface area contributed by atoms with Gasteiger partial charge in [0.05, 0.1) is 23.5 Å². The van der Waals surface area contributed by atoms with Crippen molar-refractivity contribution < 1.29 is 13.9 Å². The number of piperazine rings is 1. The van der Waals surface area contributed by atoms with E-state index in [0.717, 1.165) is 18.6 Å². The number of carbonyl (C=O) groups excluding carboxylic acids is 1. The van der Waals surface area contributed by atoms with Crippen LogP contribution in [0.1, 0.15) is 40.5 Å². The molecule has 2 aliphatic heterocycles. The molecule has 0 aromatic carbocycles. The second-order valence-corrected chi connectivity index (χ2v) is 11.4. The highest BCUT2D eigenvalue weighted by Gasteiger charge is 2.49. The number of amides is 1. The van der Waals surface area contributed by atoms with Gasteiger partial charge in [0, 0.05) is 6.54 Å². The van der Waals surface area contributed by atoms with Crippen LogP contribution in [0.2, 0.25) is 5.15 Å². The normalized spacial score (nSPS) is 22.7. The number of nitrogens with zero attached hydrogens (tertiary/aromatic N) is 5. The van der Waals surface area contributed by atoms with E-state index in [4.69, 9.17) is 21.3 Å². The third kappa shape index (κ3) is 4.53. The molecule has 2 fully saturated rings. The second-order valence-electron chi connectivity index (χ2n) is 9.06. The Morgan fingerprint density at radius 2 is 2.09 bits per heavy atom. The van der Waals surface area contributed by atoms with Crippen LogP contribution in [0.5, 0.6) is 0 Å². The highest BCUT2D eigenvalue weighted by Crippen LogP contribution is 2.42. The lowest BCUT2D eigenvalue weighted by Gasteiger charge is -2.46. The fourth-order valence-electron chi connectivity index (χ4n) is 4.56. The van der Waals surface area contributed by atoms with Gasteiger partial charge in [-0.2, -0.15) is 0 Å². The van der Waals surface area contributed by atoms with Crippen molar-refractivity contribution in [3.05, 3.63) is 28.2 Å². The Morgan fingerprint density at radius 3 is 2.73 bits per heavy atom. The number of hydrogen-bond acceptors (Lipinski definition) is 7. The Bertz CT molecular complexity index is 1110. The van der Waals surface area contributed by atoms with Crippen LogP contribution in [0.25, 0.3) is 10.9 Å². The summed E-state index contributed by atoms with van der Waals surface area (Å²) in [6.07, 6.45) is 3.15. The lowest BCUT2D eigenvalue weighted by atomic mass is 10.0. The number of anilines is 1. The topological polar surface area (TPSA) is 71.5 Å². The molecule has 0 saturated carbocycles. The van der Waals surface area contributed by atoms with E-state index in [1.807, 2.05) is 38.7 Å². The summed E-state index contributed by atoms with van der Waals surface area (Å²) in [4.78, 5) is 30.2. The third-order valence-corrected chi connectivity index (χ3v) is 7.31. The molecule has 1 amide bonds. The van der Waals surface area contributed by atoms with Crippen molar-refractivity contribution in [1.82, 2.24) is 19.9 Å². The van der Waals surface area contributed by atoms with E-state index in [0.29, 0.717) is 27.5 Å². The monoisotopic (exact) mass is 557 g/mol. The maximum absolute atomic E-state index is 15.0. The molecule has 2 aliphatic rings. The van der Waals surface area contributed by atoms with Gasteiger partial charge < -0.3 is 9.64 Å². The molecule has 4 heterocycles. The first-order chi connectivity index (χ1) is 15.6. The summed E-state index contributed by atoms with van der Waals surface area (Å²) >= 11 is 10.9. The number of pyridine rings is 1. The summed E-state index contributed by atoms with van der Waals surface area (Å²) in [7, 11) is 0. The molecule has 2 aromatic heterocycles. The SMILES string of the molecule is C=C[C@H]1[C@@H]2CC[C@H](CN1c1nc(SCC)nc3c(F)c(Cl)nc(Br)c13)N2C(=O)OC(C)(C)C. The van der Waals surface area contributed by atoms with Gasteiger partial charge in [-0.1, -0.05) is 36.4 Å². The number of rotatable bonds is 4. The zero-order valence-corrected chi connectivity index (χ0v) is 22.1. The first-order valence-corrected chi connectivity index (χ1v) is 13.0. The van der Waals surface area contributed by atoms with Crippen LogP contribution in [0.4, 0.5) is 15.0 Å². The molecule has 33 heavy (non-hydrogen) atoms. The van der Waals surface area contributed by atoms with Gasteiger partial charge in [-0.25, -0.2) is 24.1 Å². The molecule has 178 valence electrons. The molecule has 7 nitrogen and oxygen atoms in total. The summed E-state index contributed by atoms with van der Waals surface area (Å²) in [6.45, 7) is 12.1. The van der Waals surface area contributed by atoms with Crippen LogP contribution in [0.3, 0.4) is 0 Å². The van der Waals surface area contributed by atoms with Crippen LogP contribution in [-0.4, -0.2) is 62.0 Å². The number of carbonyl (C=O) groups is 1. The number of halogens is 3. The van der Waals surface area contributed by atoms with Crippen molar-refractivity contribution >= 4 is 62.1 Å². The molecule has 2 bridgehead atoms. The molecular weight excluding hydrogens is 533 g/mol. The number of fused-ring (bicyclic) bond motifs is 3. The Labute approximate surface area is 210 Å². The summed E-state index contributed by atoms with van der Waals surface area (Å²) in [5.41, 5.74) is -0.465. The fraction of sp³-hybridized carbons (Fsp3) is 0.545. The van der Waals surface area contributed by atoms with Crippen LogP contribution < -0.4 is 4.90 Å². The van der Waals surface area contributed by atoms with E-state index >= 15 is 0 Å². The number of thioether (sulfide) groups is 1. The predicted molar refractivity (Wildman–Crippen MR) is 133 cm³/mol. The fourth-order valence-corrected chi connectivity index (χ4v) is 5.95. The minimum absolute atomic E-state index is 0.0581. The van der Waals surface area contributed by atoms with E-state index in [1.54, 1.807) is 0 Å². The lowest BCUT2D eigenvalue weighted by Crippen LogP contribution is -2.61. The minimum Gasteiger partial charge on any atom is -0.444 e. The maximum atomic E-state index is 15.0. The Kier molecular flexibility index (Phi) is 6.81. The second kappa shape index (κ2) is 9.19. The molecule has 3 atom stereocenters. The van der Waals surface area contributed by atoms with E-state index in [9.17, 15) is 9.18 Å². The molecule has 0 unspecified atom stereocenters. The van der Waals surface area contributed by atoms with Crippen molar-refractivity contribution in [2.24, 2.45) is 0 Å². The van der Waals surface area contributed by atoms with Crippen molar-refractivity contribution in [3.63, 3.8) is 0 Å². The van der Waals surface area contributed by atoms with Crippen molar-refractivity contribution in [2.75, 3.05) is 17.2 Å². The molecule has 2 saturated heterocycles. The van der Waals surface area contributed by atoms with Gasteiger partial charge >= 0.3 is 6.09 Å². The molecule has 2 aromatic rings. The summed E-state index contributed by atoms with van der Waals surface area (Å²) in [5, 5.41) is 0.661. The van der Waals surface area contributed by atoms with Gasteiger partial charge in [0.15, 0.2) is 16.1 Å². The van der Waals surface area contributed by atoms with E-state index in [-0.39, 0.29) is 34.9 Å². The maximum Gasteiger partial charge on any atom is 0.410 e. The largest absolute Gasteiger partial charge is 0.444 e. The number of ether oxygens (including phenoxy) is 1. The smallest absolute Gasteiger partial charge is 0.410 e. The van der Waals surface area contributed by atoms with Gasteiger partial charge in [-0.15, -0.1) is 6.58 Å².